The van der Waals surface area contributed by atoms with E-state index in [9.17, 15) is 0 Å². The van der Waals surface area contributed by atoms with Gasteiger partial charge < -0.3 is 15.0 Å². The lowest BCUT2D eigenvalue weighted by atomic mass is 10.2. The summed E-state index contributed by atoms with van der Waals surface area (Å²) in [5, 5.41) is 3.85. The van der Waals surface area contributed by atoms with Gasteiger partial charge in [-0.15, -0.1) is 0 Å². The molecule has 0 amide bonds. The zero-order chi connectivity index (χ0) is 12.3. The molecule has 0 saturated heterocycles. The van der Waals surface area contributed by atoms with Crippen molar-refractivity contribution >= 4 is 0 Å². The van der Waals surface area contributed by atoms with E-state index in [4.69, 9.17) is 15.0 Å². The number of aromatic nitrogens is 3. The minimum atomic E-state index is -0.245. The largest absolute Gasteiger partial charge is 0.481 e. The highest BCUT2D eigenvalue weighted by Gasteiger charge is 2.10. The number of ether oxygens (including phenoxy) is 1. The summed E-state index contributed by atoms with van der Waals surface area (Å²) in [6, 6.07) is 3.46. The summed E-state index contributed by atoms with van der Waals surface area (Å²) >= 11 is 0. The van der Waals surface area contributed by atoms with Crippen LogP contribution in [0.5, 0.6) is 5.88 Å². The molecule has 0 aliphatic rings. The van der Waals surface area contributed by atoms with Crippen LogP contribution in [0.2, 0.25) is 0 Å². The summed E-state index contributed by atoms with van der Waals surface area (Å²) in [6.45, 7) is 1.80. The van der Waals surface area contributed by atoms with Crippen molar-refractivity contribution in [2.75, 3.05) is 7.11 Å². The number of hydrogen-bond acceptors (Lipinski definition) is 6. The van der Waals surface area contributed by atoms with Crippen molar-refractivity contribution in [2.45, 2.75) is 19.4 Å². The van der Waals surface area contributed by atoms with Crippen molar-refractivity contribution < 1.29 is 9.26 Å². The van der Waals surface area contributed by atoms with Crippen LogP contribution in [0.15, 0.2) is 22.9 Å². The summed E-state index contributed by atoms with van der Waals surface area (Å²) < 4.78 is 9.99. The second-order valence-corrected chi connectivity index (χ2v) is 3.72. The topological polar surface area (TPSA) is 87.1 Å². The Morgan fingerprint density at radius 1 is 1.47 bits per heavy atom. The number of rotatable bonds is 4. The van der Waals surface area contributed by atoms with E-state index >= 15 is 0 Å². The molecule has 0 saturated carbocycles. The summed E-state index contributed by atoms with van der Waals surface area (Å²) in [7, 11) is 1.58. The van der Waals surface area contributed by atoms with E-state index in [1.165, 1.54) is 0 Å². The zero-order valence-corrected chi connectivity index (χ0v) is 9.75. The predicted octanol–water partition coefficient (Wildman–Crippen LogP) is 1.08. The third kappa shape index (κ3) is 2.79. The Kier molecular flexibility index (Phi) is 3.34. The molecule has 1 unspecified atom stereocenters. The molecule has 0 radical (unpaired) electrons. The van der Waals surface area contributed by atoms with Crippen molar-refractivity contribution in [3.63, 3.8) is 0 Å². The maximum atomic E-state index is 5.63. The Morgan fingerprint density at radius 2 is 2.29 bits per heavy atom. The van der Waals surface area contributed by atoms with Crippen molar-refractivity contribution in [3.8, 4) is 5.88 Å². The van der Waals surface area contributed by atoms with Gasteiger partial charge in [0.15, 0.2) is 5.82 Å². The molecule has 17 heavy (non-hydrogen) atoms. The number of pyridine rings is 1. The molecule has 2 heterocycles. The van der Waals surface area contributed by atoms with Gasteiger partial charge in [0.2, 0.25) is 11.8 Å². The summed E-state index contributed by atoms with van der Waals surface area (Å²) in [6.07, 6.45) is 2.29. The molecule has 1 atom stereocenters. The highest BCUT2D eigenvalue weighted by molar-refractivity contribution is 5.20. The first-order valence-electron chi connectivity index (χ1n) is 5.26. The Bertz CT molecular complexity index is 478. The lowest BCUT2D eigenvalue weighted by Crippen LogP contribution is -2.05. The predicted molar refractivity (Wildman–Crippen MR) is 60.5 cm³/mol. The van der Waals surface area contributed by atoms with Crippen LogP contribution >= 0.6 is 0 Å². The Hall–Kier alpha value is -1.95. The van der Waals surface area contributed by atoms with E-state index in [0.717, 1.165) is 5.56 Å². The molecule has 2 N–H and O–H groups in total. The molecule has 6 heteroatoms. The Balaban J connectivity index is 2.08. The minimum Gasteiger partial charge on any atom is -0.481 e. The van der Waals surface area contributed by atoms with Crippen molar-refractivity contribution in [1.82, 2.24) is 15.1 Å². The molecule has 0 aliphatic carbocycles. The molecule has 90 valence electrons. The second-order valence-electron chi connectivity index (χ2n) is 3.72. The van der Waals surface area contributed by atoms with E-state index < -0.39 is 0 Å². The third-order valence-electron chi connectivity index (χ3n) is 2.24. The second kappa shape index (κ2) is 4.92. The number of methoxy groups -OCH3 is 1. The average molecular weight is 234 g/mol. The van der Waals surface area contributed by atoms with Crippen LogP contribution in [-0.4, -0.2) is 22.2 Å². The van der Waals surface area contributed by atoms with E-state index in [2.05, 4.69) is 15.1 Å². The molecule has 2 rings (SSSR count). The van der Waals surface area contributed by atoms with Gasteiger partial charge in [0.25, 0.3) is 0 Å². The monoisotopic (exact) mass is 234 g/mol. The Labute approximate surface area is 98.8 Å². The molecule has 2 aromatic rings. The summed E-state index contributed by atoms with van der Waals surface area (Å²) in [5.41, 5.74) is 6.62. The van der Waals surface area contributed by atoms with Gasteiger partial charge in [0.1, 0.15) is 0 Å². The van der Waals surface area contributed by atoms with E-state index in [1.54, 1.807) is 26.3 Å². The Morgan fingerprint density at radius 3 is 2.82 bits per heavy atom. The maximum Gasteiger partial charge on any atom is 0.243 e. The van der Waals surface area contributed by atoms with Gasteiger partial charge in [-0.05, 0) is 12.5 Å². The van der Waals surface area contributed by atoms with Crippen LogP contribution in [0.4, 0.5) is 0 Å². The highest BCUT2D eigenvalue weighted by Crippen LogP contribution is 2.12. The smallest absolute Gasteiger partial charge is 0.243 e. The average Bonchev–Trinajstić information content (AvgIpc) is 2.79. The first kappa shape index (κ1) is 11.5. The van der Waals surface area contributed by atoms with E-state index in [1.807, 2.05) is 6.07 Å². The van der Waals surface area contributed by atoms with Crippen LogP contribution in [0.1, 0.15) is 30.2 Å². The molecule has 0 fully saturated rings. The molecule has 0 aliphatic heterocycles. The van der Waals surface area contributed by atoms with Crippen LogP contribution in [-0.2, 0) is 6.42 Å². The van der Waals surface area contributed by atoms with Crippen molar-refractivity contribution in [1.29, 1.82) is 0 Å². The van der Waals surface area contributed by atoms with Gasteiger partial charge in [-0.25, -0.2) is 4.98 Å². The van der Waals surface area contributed by atoms with Gasteiger partial charge in [0, 0.05) is 18.7 Å². The molecular weight excluding hydrogens is 220 g/mol. The quantitative estimate of drug-likeness (QED) is 0.851. The first-order valence-corrected chi connectivity index (χ1v) is 5.26. The number of nitrogens with zero attached hydrogens (tertiary/aromatic N) is 3. The van der Waals surface area contributed by atoms with Gasteiger partial charge in [-0.1, -0.05) is 11.2 Å². The van der Waals surface area contributed by atoms with Crippen molar-refractivity contribution in [2.24, 2.45) is 5.73 Å². The van der Waals surface area contributed by atoms with Gasteiger partial charge >= 0.3 is 0 Å². The zero-order valence-electron chi connectivity index (χ0n) is 9.75. The lowest BCUT2D eigenvalue weighted by molar-refractivity contribution is 0.357. The highest BCUT2D eigenvalue weighted by atomic mass is 16.5. The SMILES string of the molecule is COc1ccc(Cc2noc(C(C)N)n2)cn1. The fraction of sp³-hybridized carbons (Fsp3) is 0.364. The summed E-state index contributed by atoms with van der Waals surface area (Å²) in [5.74, 6) is 1.63. The molecule has 0 aromatic carbocycles. The fourth-order valence-corrected chi connectivity index (χ4v) is 1.34. The van der Waals surface area contributed by atoms with Gasteiger partial charge in [0.05, 0.1) is 13.2 Å². The standard InChI is InChI=1S/C11H14N4O2/c1-7(12)11-14-9(15-17-11)5-8-3-4-10(16-2)13-6-8/h3-4,6-7H,5,12H2,1-2H3. The molecular formula is C11H14N4O2. The normalized spacial score (nSPS) is 12.4. The minimum absolute atomic E-state index is 0.245. The van der Waals surface area contributed by atoms with E-state index in [0.29, 0.717) is 24.0 Å². The van der Waals surface area contributed by atoms with Crippen LogP contribution < -0.4 is 10.5 Å². The third-order valence-corrected chi connectivity index (χ3v) is 2.24. The molecule has 6 nitrogen and oxygen atoms in total. The number of nitrogens with two attached hydrogens (primary N) is 1. The fourth-order valence-electron chi connectivity index (χ4n) is 1.34. The number of hydrogen-bond donors (Lipinski definition) is 1. The molecule has 2 aromatic heterocycles. The van der Waals surface area contributed by atoms with Crippen LogP contribution in [0.3, 0.4) is 0 Å². The van der Waals surface area contributed by atoms with Gasteiger partial charge in [-0.3, -0.25) is 0 Å². The van der Waals surface area contributed by atoms with Gasteiger partial charge in [-0.2, -0.15) is 4.98 Å². The van der Waals surface area contributed by atoms with Crippen molar-refractivity contribution in [3.05, 3.63) is 35.6 Å². The maximum absolute atomic E-state index is 5.63. The summed E-state index contributed by atoms with van der Waals surface area (Å²) in [4.78, 5) is 8.29. The van der Waals surface area contributed by atoms with E-state index in [-0.39, 0.29) is 6.04 Å². The van der Waals surface area contributed by atoms with Crippen LogP contribution in [0.25, 0.3) is 0 Å². The molecule has 0 spiro atoms. The first-order chi connectivity index (χ1) is 8.19. The van der Waals surface area contributed by atoms with Crippen LogP contribution in [0, 0.1) is 0 Å². The molecule has 0 bridgehead atoms. The lowest BCUT2D eigenvalue weighted by Gasteiger charge is -1.99.